The molecule has 2 spiro atoms. The van der Waals surface area contributed by atoms with Crippen LogP contribution in [0.1, 0.15) is 46.0 Å². The third-order valence-electron chi connectivity index (χ3n) is 5.84. The van der Waals surface area contributed by atoms with Crippen molar-refractivity contribution < 1.29 is 4.79 Å². The molecule has 0 radical (unpaired) electrons. The Morgan fingerprint density at radius 3 is 2.33 bits per heavy atom. The Balaban J connectivity index is 1.87. The molecule has 0 aromatic rings. The van der Waals surface area contributed by atoms with Crippen LogP contribution in [0.3, 0.4) is 0 Å². The SMILES string of the molecule is CCC(=O)[C@@H]1C[C@]2(CN1CC)C(Cl)(Cl)C21CCC1. The molecule has 0 aromatic carbocycles. The number of Topliss-reactive ketones (excluding diaryl/α,β-unsaturated/α-hetero) is 1. The zero-order chi connectivity index (χ0) is 13.2. The van der Waals surface area contributed by atoms with Crippen molar-refractivity contribution in [1.82, 2.24) is 4.90 Å². The second-order valence-corrected chi connectivity index (χ2v) is 7.52. The van der Waals surface area contributed by atoms with Crippen LogP contribution >= 0.6 is 23.2 Å². The van der Waals surface area contributed by atoms with E-state index in [4.69, 9.17) is 23.2 Å². The van der Waals surface area contributed by atoms with E-state index < -0.39 is 4.33 Å². The van der Waals surface area contributed by atoms with Crippen LogP contribution in [-0.4, -0.2) is 34.1 Å². The van der Waals surface area contributed by atoms with E-state index in [0.717, 1.165) is 32.4 Å². The number of carbonyl (C=O) groups excluding carboxylic acids is 1. The second kappa shape index (κ2) is 3.86. The van der Waals surface area contributed by atoms with Crippen LogP contribution in [0.25, 0.3) is 0 Å². The molecule has 1 saturated heterocycles. The Bertz CT molecular complexity index is 391. The van der Waals surface area contributed by atoms with Gasteiger partial charge < -0.3 is 0 Å². The van der Waals surface area contributed by atoms with Gasteiger partial charge in [0.1, 0.15) is 10.1 Å². The average molecular weight is 290 g/mol. The topological polar surface area (TPSA) is 20.3 Å². The lowest BCUT2D eigenvalue weighted by Gasteiger charge is -2.30. The van der Waals surface area contributed by atoms with Crippen molar-refractivity contribution in [3.63, 3.8) is 0 Å². The van der Waals surface area contributed by atoms with Gasteiger partial charge in [-0.1, -0.05) is 20.3 Å². The minimum Gasteiger partial charge on any atom is -0.298 e. The van der Waals surface area contributed by atoms with Gasteiger partial charge in [-0.3, -0.25) is 9.69 Å². The molecule has 2 nitrogen and oxygen atoms in total. The fourth-order valence-electron chi connectivity index (χ4n) is 4.50. The van der Waals surface area contributed by atoms with Gasteiger partial charge >= 0.3 is 0 Å². The fraction of sp³-hybridized carbons (Fsp3) is 0.929. The summed E-state index contributed by atoms with van der Waals surface area (Å²) in [5.41, 5.74) is 0.117. The van der Waals surface area contributed by atoms with Crippen LogP contribution in [0.2, 0.25) is 0 Å². The maximum Gasteiger partial charge on any atom is 0.149 e. The number of alkyl halides is 2. The maximum atomic E-state index is 12.1. The monoisotopic (exact) mass is 289 g/mol. The summed E-state index contributed by atoms with van der Waals surface area (Å²) in [6.45, 7) is 5.89. The first kappa shape index (κ1) is 13.2. The lowest BCUT2D eigenvalue weighted by Crippen LogP contribution is -2.35. The Morgan fingerprint density at radius 1 is 1.28 bits per heavy atom. The molecule has 3 aliphatic rings. The Morgan fingerprint density at radius 2 is 1.94 bits per heavy atom. The zero-order valence-corrected chi connectivity index (χ0v) is 12.7. The molecule has 0 bridgehead atoms. The van der Waals surface area contributed by atoms with E-state index in [9.17, 15) is 4.79 Å². The van der Waals surface area contributed by atoms with Crippen LogP contribution in [0, 0.1) is 10.8 Å². The van der Waals surface area contributed by atoms with E-state index in [-0.39, 0.29) is 16.9 Å². The van der Waals surface area contributed by atoms with Gasteiger partial charge in [0.15, 0.2) is 0 Å². The molecule has 2 atom stereocenters. The van der Waals surface area contributed by atoms with Crippen LogP contribution in [0.15, 0.2) is 0 Å². The first-order chi connectivity index (χ1) is 8.46. The molecule has 0 aromatic heterocycles. The van der Waals surface area contributed by atoms with Crippen molar-refractivity contribution in [2.45, 2.75) is 56.3 Å². The Kier molecular flexibility index (Phi) is 2.83. The maximum absolute atomic E-state index is 12.1. The fourth-order valence-corrected chi connectivity index (χ4v) is 5.79. The van der Waals surface area contributed by atoms with Gasteiger partial charge in [0.2, 0.25) is 0 Å². The highest BCUT2D eigenvalue weighted by Crippen LogP contribution is 2.87. The highest BCUT2D eigenvalue weighted by molar-refractivity contribution is 6.52. The number of likely N-dealkylation sites (tertiary alicyclic amines) is 1. The number of halogens is 2. The minimum atomic E-state index is -0.589. The molecule has 3 fully saturated rings. The van der Waals surface area contributed by atoms with Crippen LogP contribution < -0.4 is 0 Å². The first-order valence-electron chi connectivity index (χ1n) is 7.10. The van der Waals surface area contributed by atoms with Gasteiger partial charge in [0.05, 0.1) is 6.04 Å². The summed E-state index contributed by atoms with van der Waals surface area (Å²) in [6.07, 6.45) is 5.01. The number of ketones is 1. The van der Waals surface area contributed by atoms with Crippen LogP contribution in [0.5, 0.6) is 0 Å². The molecular formula is C14H21Cl2NO. The summed E-state index contributed by atoms with van der Waals surface area (Å²) in [5, 5.41) is 0. The van der Waals surface area contributed by atoms with Crippen molar-refractivity contribution in [1.29, 1.82) is 0 Å². The zero-order valence-electron chi connectivity index (χ0n) is 11.1. The third-order valence-corrected chi connectivity index (χ3v) is 7.29. The van der Waals surface area contributed by atoms with E-state index in [1.165, 1.54) is 6.42 Å². The molecule has 0 N–H and O–H groups in total. The molecule has 2 saturated carbocycles. The summed E-state index contributed by atoms with van der Waals surface area (Å²) in [4.78, 5) is 14.4. The van der Waals surface area contributed by atoms with E-state index in [1.54, 1.807) is 0 Å². The van der Waals surface area contributed by atoms with Crippen molar-refractivity contribution in [3.8, 4) is 0 Å². The van der Waals surface area contributed by atoms with Crippen LogP contribution in [0.4, 0.5) is 0 Å². The van der Waals surface area contributed by atoms with E-state index in [0.29, 0.717) is 12.2 Å². The molecular weight excluding hydrogens is 269 g/mol. The molecule has 3 rings (SSSR count). The van der Waals surface area contributed by atoms with Gasteiger partial charge in [-0.15, -0.1) is 23.2 Å². The van der Waals surface area contributed by atoms with Crippen molar-refractivity contribution >= 4 is 29.0 Å². The molecule has 0 amide bonds. The highest BCUT2D eigenvalue weighted by atomic mass is 35.5. The lowest BCUT2D eigenvalue weighted by molar-refractivity contribution is -0.123. The molecule has 1 aliphatic heterocycles. The summed E-state index contributed by atoms with van der Waals surface area (Å²) in [7, 11) is 0. The molecule has 18 heavy (non-hydrogen) atoms. The number of likely N-dealkylation sites (N-methyl/N-ethyl adjacent to an activating group) is 1. The van der Waals surface area contributed by atoms with Crippen LogP contribution in [-0.2, 0) is 4.79 Å². The van der Waals surface area contributed by atoms with Gasteiger partial charge in [0.25, 0.3) is 0 Å². The minimum absolute atomic E-state index is 0.00708. The number of hydrogen-bond donors (Lipinski definition) is 0. The van der Waals surface area contributed by atoms with Crippen molar-refractivity contribution in [2.24, 2.45) is 10.8 Å². The van der Waals surface area contributed by atoms with Gasteiger partial charge in [-0.2, -0.15) is 0 Å². The number of carbonyl (C=O) groups is 1. The molecule has 102 valence electrons. The van der Waals surface area contributed by atoms with Gasteiger partial charge in [-0.05, 0) is 25.8 Å². The van der Waals surface area contributed by atoms with Crippen molar-refractivity contribution in [3.05, 3.63) is 0 Å². The Hall–Kier alpha value is 0.210. The standard InChI is InChI=1S/C14H21Cl2NO/c1-3-11(18)10-8-13(9-17(10)4-2)12(6-5-7-12)14(13,15)16/h10H,3-9H2,1-2H3/t10-,13+/m0/s1. The average Bonchev–Trinajstić information content (AvgIpc) is 2.60. The number of hydrogen-bond acceptors (Lipinski definition) is 2. The normalized spacial score (nSPS) is 40.1. The second-order valence-electron chi connectivity index (χ2n) is 6.20. The van der Waals surface area contributed by atoms with E-state index >= 15 is 0 Å². The predicted octanol–water partition coefficient (Wildman–Crippen LogP) is 3.40. The summed E-state index contributed by atoms with van der Waals surface area (Å²) < 4.78 is -0.589. The summed E-state index contributed by atoms with van der Waals surface area (Å²) in [5.74, 6) is 0.347. The number of nitrogens with zero attached hydrogens (tertiary/aromatic N) is 1. The quantitative estimate of drug-likeness (QED) is 0.742. The molecule has 0 unspecified atom stereocenters. The molecule has 2 aliphatic carbocycles. The lowest BCUT2D eigenvalue weighted by atomic mass is 9.74. The third kappa shape index (κ3) is 1.23. The first-order valence-corrected chi connectivity index (χ1v) is 7.86. The van der Waals surface area contributed by atoms with E-state index in [2.05, 4.69) is 11.8 Å². The smallest absolute Gasteiger partial charge is 0.149 e. The van der Waals surface area contributed by atoms with E-state index in [1.807, 2.05) is 6.92 Å². The highest BCUT2D eigenvalue weighted by Gasteiger charge is 2.88. The summed E-state index contributed by atoms with van der Waals surface area (Å²) in [6, 6.07) is 0.0526. The predicted molar refractivity (Wildman–Crippen MR) is 74.1 cm³/mol. The molecule has 1 heterocycles. The summed E-state index contributed by atoms with van der Waals surface area (Å²) >= 11 is 13.3. The molecule has 4 heteroatoms. The number of rotatable bonds is 3. The Labute approximate surface area is 119 Å². The van der Waals surface area contributed by atoms with Crippen molar-refractivity contribution in [2.75, 3.05) is 13.1 Å². The largest absolute Gasteiger partial charge is 0.298 e. The van der Waals surface area contributed by atoms with Gasteiger partial charge in [-0.25, -0.2) is 0 Å². The van der Waals surface area contributed by atoms with Gasteiger partial charge in [0, 0.05) is 23.8 Å². The number of fused-ring (bicyclic) bond motifs is 1.